The first-order valence-electron chi connectivity index (χ1n) is 6.88. The number of carboxylic acid groups (broad SMARTS) is 1. The molecule has 0 aromatic carbocycles. The van der Waals surface area contributed by atoms with E-state index < -0.39 is 11.9 Å². The number of aliphatic hydroxyl groups is 1. The molecule has 0 saturated carbocycles. The third-order valence-corrected chi connectivity index (χ3v) is 3.70. The molecule has 110 valence electrons. The molecule has 6 nitrogen and oxygen atoms in total. The topological polar surface area (TPSA) is 81.1 Å². The zero-order chi connectivity index (χ0) is 14.4. The summed E-state index contributed by atoms with van der Waals surface area (Å²) >= 11 is 0. The van der Waals surface area contributed by atoms with Crippen LogP contribution in [0.15, 0.2) is 0 Å². The zero-order valence-electron chi connectivity index (χ0n) is 11.7. The van der Waals surface area contributed by atoms with Gasteiger partial charge in [0, 0.05) is 32.1 Å². The maximum absolute atomic E-state index is 12.2. The van der Waals surface area contributed by atoms with Crippen molar-refractivity contribution in [2.24, 2.45) is 11.8 Å². The Morgan fingerprint density at radius 3 is 2.47 bits per heavy atom. The smallest absolute Gasteiger partial charge is 0.320 e. The van der Waals surface area contributed by atoms with E-state index in [9.17, 15) is 9.59 Å². The maximum Gasteiger partial charge on any atom is 0.320 e. The zero-order valence-corrected chi connectivity index (χ0v) is 11.7. The Balaban J connectivity index is 2.43. The van der Waals surface area contributed by atoms with Crippen molar-refractivity contribution >= 4 is 12.0 Å². The highest BCUT2D eigenvalue weighted by Crippen LogP contribution is 2.25. The lowest BCUT2D eigenvalue weighted by atomic mass is 9.87. The molecule has 2 N–H and O–H groups in total. The van der Waals surface area contributed by atoms with Crippen molar-refractivity contribution in [3.05, 3.63) is 0 Å². The molecule has 0 aromatic rings. The molecule has 1 rings (SSSR count). The van der Waals surface area contributed by atoms with E-state index in [1.807, 2.05) is 0 Å². The first kappa shape index (κ1) is 15.8. The minimum absolute atomic E-state index is 0.0434. The lowest BCUT2D eigenvalue weighted by Gasteiger charge is -2.43. The van der Waals surface area contributed by atoms with Gasteiger partial charge in [-0.25, -0.2) is 4.79 Å². The number of urea groups is 1. The molecule has 1 aliphatic rings. The molecule has 1 atom stereocenters. The largest absolute Gasteiger partial charge is 0.481 e. The van der Waals surface area contributed by atoms with Gasteiger partial charge in [0.25, 0.3) is 0 Å². The minimum Gasteiger partial charge on any atom is -0.481 e. The van der Waals surface area contributed by atoms with Crippen LogP contribution in [0, 0.1) is 11.8 Å². The van der Waals surface area contributed by atoms with Crippen LogP contribution in [0.5, 0.6) is 0 Å². The first-order valence-corrected chi connectivity index (χ1v) is 6.88. The lowest BCUT2D eigenvalue weighted by Crippen LogP contribution is -2.57. The molecule has 6 heteroatoms. The van der Waals surface area contributed by atoms with Crippen LogP contribution in [0.4, 0.5) is 4.79 Å². The summed E-state index contributed by atoms with van der Waals surface area (Å²) in [5, 5.41) is 17.9. The normalized spacial score (nSPS) is 16.9. The van der Waals surface area contributed by atoms with Crippen LogP contribution in [0.3, 0.4) is 0 Å². The number of unbranched alkanes of at least 4 members (excludes halogenated alkanes) is 1. The fourth-order valence-corrected chi connectivity index (χ4v) is 2.16. The quantitative estimate of drug-likeness (QED) is 0.720. The summed E-state index contributed by atoms with van der Waals surface area (Å²) in [7, 11) is 0. The third kappa shape index (κ3) is 4.09. The average Bonchev–Trinajstić information content (AvgIpc) is 2.32. The van der Waals surface area contributed by atoms with Crippen LogP contribution >= 0.6 is 0 Å². The molecule has 0 bridgehead atoms. The predicted molar refractivity (Wildman–Crippen MR) is 70.8 cm³/mol. The average molecular weight is 272 g/mol. The molecule has 0 radical (unpaired) electrons. The molecule has 19 heavy (non-hydrogen) atoms. The van der Waals surface area contributed by atoms with Crippen molar-refractivity contribution in [3.8, 4) is 0 Å². The van der Waals surface area contributed by atoms with E-state index in [1.165, 1.54) is 0 Å². The van der Waals surface area contributed by atoms with Crippen LogP contribution in [-0.2, 0) is 4.79 Å². The highest BCUT2D eigenvalue weighted by atomic mass is 16.4. The predicted octanol–water partition coefficient (Wildman–Crippen LogP) is 0.853. The van der Waals surface area contributed by atoms with Gasteiger partial charge in [-0.1, -0.05) is 20.3 Å². The van der Waals surface area contributed by atoms with Crippen molar-refractivity contribution in [3.63, 3.8) is 0 Å². The van der Waals surface area contributed by atoms with Crippen LogP contribution in [0.2, 0.25) is 0 Å². The summed E-state index contributed by atoms with van der Waals surface area (Å²) in [6, 6.07) is -0.0867. The van der Waals surface area contributed by atoms with Gasteiger partial charge in [0.1, 0.15) is 0 Å². The summed E-state index contributed by atoms with van der Waals surface area (Å²) < 4.78 is 0. The third-order valence-electron chi connectivity index (χ3n) is 3.70. The van der Waals surface area contributed by atoms with Gasteiger partial charge in [0.2, 0.25) is 0 Å². The second-order valence-corrected chi connectivity index (χ2v) is 5.14. The molecule has 0 spiro atoms. The number of aliphatic carboxylic acids is 1. The van der Waals surface area contributed by atoms with Gasteiger partial charge in [-0.3, -0.25) is 4.79 Å². The summed E-state index contributed by atoms with van der Waals surface area (Å²) in [5.74, 6) is -1.18. The SMILES string of the molecule is CCCCN(CCO)C(=O)N1CC(C(C)C(=O)O)C1. The fraction of sp³-hybridized carbons (Fsp3) is 0.846. The van der Waals surface area contributed by atoms with Crippen molar-refractivity contribution in [1.29, 1.82) is 0 Å². The van der Waals surface area contributed by atoms with E-state index in [-0.39, 0.29) is 18.6 Å². The van der Waals surface area contributed by atoms with E-state index >= 15 is 0 Å². The number of carbonyl (C=O) groups is 2. The highest BCUT2D eigenvalue weighted by molar-refractivity contribution is 5.76. The number of amides is 2. The Morgan fingerprint density at radius 1 is 1.37 bits per heavy atom. The molecule has 1 fully saturated rings. The lowest BCUT2D eigenvalue weighted by molar-refractivity contribution is -0.144. The summed E-state index contributed by atoms with van der Waals surface area (Å²) in [4.78, 5) is 26.3. The van der Waals surface area contributed by atoms with Gasteiger partial charge in [0.15, 0.2) is 0 Å². The standard InChI is InChI=1S/C13H24N2O4/c1-3-4-5-14(6-7-16)13(19)15-8-11(9-15)10(2)12(17)18/h10-11,16H,3-9H2,1-2H3,(H,17,18). The van der Waals surface area contributed by atoms with Crippen LogP contribution < -0.4 is 0 Å². The monoisotopic (exact) mass is 272 g/mol. The van der Waals surface area contributed by atoms with Gasteiger partial charge in [-0.15, -0.1) is 0 Å². The molecule has 1 heterocycles. The molecule has 0 aliphatic carbocycles. The second-order valence-electron chi connectivity index (χ2n) is 5.14. The number of aliphatic hydroxyl groups excluding tert-OH is 1. The number of hydrogen-bond donors (Lipinski definition) is 2. The number of carbonyl (C=O) groups excluding carboxylic acids is 1. The number of carboxylic acids is 1. The molecule has 1 saturated heterocycles. The van der Waals surface area contributed by atoms with Crippen molar-refractivity contribution in [2.75, 3.05) is 32.8 Å². The molecule has 1 aliphatic heterocycles. The van der Waals surface area contributed by atoms with Gasteiger partial charge in [-0.05, 0) is 6.42 Å². The van der Waals surface area contributed by atoms with Crippen LogP contribution in [-0.4, -0.2) is 64.8 Å². The molecule has 0 aromatic heterocycles. The molecular weight excluding hydrogens is 248 g/mol. The molecule has 2 amide bonds. The maximum atomic E-state index is 12.2. The van der Waals surface area contributed by atoms with Crippen molar-refractivity contribution in [1.82, 2.24) is 9.80 Å². The second kappa shape index (κ2) is 7.33. The van der Waals surface area contributed by atoms with Gasteiger partial charge < -0.3 is 20.0 Å². The number of nitrogens with zero attached hydrogens (tertiary/aromatic N) is 2. The highest BCUT2D eigenvalue weighted by Gasteiger charge is 2.38. The number of likely N-dealkylation sites (tertiary alicyclic amines) is 1. The summed E-state index contributed by atoms with van der Waals surface area (Å²) in [6.07, 6.45) is 1.91. The Morgan fingerprint density at radius 2 is 2.00 bits per heavy atom. The molecular formula is C13H24N2O4. The Bertz CT molecular complexity index is 316. The van der Waals surface area contributed by atoms with E-state index in [0.717, 1.165) is 12.8 Å². The van der Waals surface area contributed by atoms with Crippen LogP contribution in [0.25, 0.3) is 0 Å². The van der Waals surface area contributed by atoms with E-state index in [0.29, 0.717) is 26.2 Å². The molecule has 1 unspecified atom stereocenters. The Hall–Kier alpha value is -1.30. The van der Waals surface area contributed by atoms with Crippen LogP contribution in [0.1, 0.15) is 26.7 Å². The summed E-state index contributed by atoms with van der Waals surface area (Å²) in [6.45, 7) is 5.67. The number of hydrogen-bond acceptors (Lipinski definition) is 3. The number of rotatable bonds is 7. The van der Waals surface area contributed by atoms with Gasteiger partial charge >= 0.3 is 12.0 Å². The van der Waals surface area contributed by atoms with Gasteiger partial charge in [0.05, 0.1) is 12.5 Å². The van der Waals surface area contributed by atoms with Crippen molar-refractivity contribution < 1.29 is 19.8 Å². The van der Waals surface area contributed by atoms with E-state index in [1.54, 1.807) is 16.7 Å². The van der Waals surface area contributed by atoms with Crippen molar-refractivity contribution in [2.45, 2.75) is 26.7 Å². The minimum atomic E-state index is -0.810. The van der Waals surface area contributed by atoms with E-state index in [2.05, 4.69) is 6.92 Å². The Labute approximate surface area is 114 Å². The first-order chi connectivity index (χ1) is 9.01. The van der Waals surface area contributed by atoms with E-state index in [4.69, 9.17) is 10.2 Å². The fourth-order valence-electron chi connectivity index (χ4n) is 2.16. The Kier molecular flexibility index (Phi) is 6.08. The van der Waals surface area contributed by atoms with Gasteiger partial charge in [-0.2, -0.15) is 0 Å². The summed E-state index contributed by atoms with van der Waals surface area (Å²) in [5.41, 5.74) is 0.